The topological polar surface area (TPSA) is 65.9 Å². The van der Waals surface area contributed by atoms with E-state index in [1.54, 1.807) is 0 Å². The lowest BCUT2D eigenvalue weighted by Crippen LogP contribution is -2.38. The van der Waals surface area contributed by atoms with Crippen LogP contribution in [0.1, 0.15) is 38.4 Å². The number of aliphatic imine (C=N–C) groups is 1. The summed E-state index contributed by atoms with van der Waals surface area (Å²) in [6, 6.07) is 10.0. The van der Waals surface area contributed by atoms with Crippen LogP contribution in [0.3, 0.4) is 0 Å². The van der Waals surface area contributed by atoms with Crippen LogP contribution in [-0.2, 0) is 4.74 Å². The zero-order chi connectivity index (χ0) is 18.3. The molecule has 7 heteroatoms. The Morgan fingerprint density at radius 2 is 1.96 bits per heavy atom. The quantitative estimate of drug-likeness (QED) is 0.180. The summed E-state index contributed by atoms with van der Waals surface area (Å²) in [4.78, 5) is 4.44. The van der Waals surface area contributed by atoms with Crippen LogP contribution in [0.2, 0.25) is 0 Å². The molecule has 1 aromatic rings. The number of rotatable bonds is 12. The molecule has 1 rings (SSSR count). The zero-order valence-electron chi connectivity index (χ0n) is 16.1. The number of guanidine groups is 1. The third kappa shape index (κ3) is 12.0. The fraction of sp³-hybridized carbons (Fsp3) is 0.632. The van der Waals surface area contributed by atoms with Crippen LogP contribution >= 0.6 is 35.7 Å². The number of hydrogen-bond acceptors (Lipinski definition) is 4. The SMILES string of the molecule is CCNC(=NCC(O)COC(C)c1ccccc1)NCCCCSC.I. The first kappa shape index (κ1) is 25.5. The zero-order valence-corrected chi connectivity index (χ0v) is 19.3. The molecule has 0 spiro atoms. The highest BCUT2D eigenvalue weighted by Crippen LogP contribution is 2.15. The molecule has 2 unspecified atom stereocenters. The molecule has 150 valence electrons. The molecule has 0 aliphatic rings. The molecule has 0 aliphatic heterocycles. The number of nitrogens with one attached hydrogen (secondary N) is 2. The summed E-state index contributed by atoms with van der Waals surface area (Å²) in [5.41, 5.74) is 1.11. The van der Waals surface area contributed by atoms with E-state index in [1.165, 1.54) is 12.2 Å². The molecule has 0 amide bonds. The number of aliphatic hydroxyl groups is 1. The van der Waals surface area contributed by atoms with Crippen molar-refractivity contribution in [2.45, 2.75) is 38.9 Å². The molecule has 5 nitrogen and oxygen atoms in total. The number of aliphatic hydroxyl groups excluding tert-OH is 1. The summed E-state index contributed by atoms with van der Waals surface area (Å²) in [6.07, 6.45) is 3.79. The Hall–Kier alpha value is -0.510. The molecule has 3 N–H and O–H groups in total. The molecule has 1 aromatic carbocycles. The Bertz CT molecular complexity index is 477. The van der Waals surface area contributed by atoms with Gasteiger partial charge in [0.1, 0.15) is 0 Å². The second-order valence-electron chi connectivity index (χ2n) is 5.89. The number of hydrogen-bond donors (Lipinski definition) is 3. The van der Waals surface area contributed by atoms with Crippen molar-refractivity contribution in [1.82, 2.24) is 10.6 Å². The first-order valence-corrected chi connectivity index (χ1v) is 10.4. The largest absolute Gasteiger partial charge is 0.389 e. The summed E-state index contributed by atoms with van der Waals surface area (Å²) in [5, 5.41) is 16.6. The van der Waals surface area contributed by atoms with E-state index in [9.17, 15) is 5.11 Å². The number of ether oxygens (including phenoxy) is 1. The lowest BCUT2D eigenvalue weighted by molar-refractivity contribution is 0.00111. The number of unbranched alkanes of at least 4 members (excludes halogenated alkanes) is 1. The van der Waals surface area contributed by atoms with Crippen molar-refractivity contribution in [3.05, 3.63) is 35.9 Å². The molecule has 0 bridgehead atoms. The second kappa shape index (κ2) is 16.6. The van der Waals surface area contributed by atoms with Crippen LogP contribution in [-0.4, -0.2) is 55.4 Å². The molecule has 0 heterocycles. The van der Waals surface area contributed by atoms with Gasteiger partial charge < -0.3 is 20.5 Å². The highest BCUT2D eigenvalue weighted by molar-refractivity contribution is 14.0. The molecule has 2 atom stereocenters. The second-order valence-corrected chi connectivity index (χ2v) is 6.87. The standard InChI is InChI=1S/C19H33N3O2S.HI/c1-4-20-19(21-12-8-9-13-25-3)22-14-18(23)15-24-16(2)17-10-6-5-7-11-17;/h5-7,10-11,16,18,23H,4,8-9,12-15H2,1-3H3,(H2,20,21,22);1H. The Labute approximate surface area is 179 Å². The molecule has 0 saturated heterocycles. The van der Waals surface area contributed by atoms with Gasteiger partial charge in [0, 0.05) is 13.1 Å². The average Bonchev–Trinajstić information content (AvgIpc) is 2.64. The molecule has 0 aliphatic carbocycles. The van der Waals surface area contributed by atoms with Gasteiger partial charge in [-0.15, -0.1) is 24.0 Å². The van der Waals surface area contributed by atoms with Crippen LogP contribution in [0.15, 0.2) is 35.3 Å². The molecular formula is C19H34IN3O2S. The predicted octanol–water partition coefficient (Wildman–Crippen LogP) is 3.44. The Balaban J connectivity index is 0.00000625. The number of halogens is 1. The van der Waals surface area contributed by atoms with Gasteiger partial charge in [0.2, 0.25) is 0 Å². The lowest BCUT2D eigenvalue weighted by atomic mass is 10.1. The van der Waals surface area contributed by atoms with Crippen molar-refractivity contribution in [1.29, 1.82) is 0 Å². The van der Waals surface area contributed by atoms with Gasteiger partial charge in [-0.1, -0.05) is 30.3 Å². The van der Waals surface area contributed by atoms with E-state index in [0.717, 1.165) is 31.0 Å². The summed E-state index contributed by atoms with van der Waals surface area (Å²) in [7, 11) is 0. The van der Waals surface area contributed by atoms with Crippen LogP contribution in [0.5, 0.6) is 0 Å². The van der Waals surface area contributed by atoms with Gasteiger partial charge in [0.15, 0.2) is 5.96 Å². The minimum Gasteiger partial charge on any atom is -0.389 e. The lowest BCUT2D eigenvalue weighted by Gasteiger charge is -2.16. The first-order valence-electron chi connectivity index (χ1n) is 9.03. The van der Waals surface area contributed by atoms with Crippen molar-refractivity contribution in [3.63, 3.8) is 0 Å². The molecule has 0 radical (unpaired) electrons. The molecule has 0 fully saturated rings. The van der Waals surface area contributed by atoms with E-state index in [4.69, 9.17) is 4.74 Å². The average molecular weight is 495 g/mol. The van der Waals surface area contributed by atoms with Gasteiger partial charge in [-0.3, -0.25) is 4.99 Å². The van der Waals surface area contributed by atoms with Crippen LogP contribution in [0.4, 0.5) is 0 Å². The maximum atomic E-state index is 10.1. The number of nitrogens with zero attached hydrogens (tertiary/aromatic N) is 1. The van der Waals surface area contributed by atoms with Crippen LogP contribution < -0.4 is 10.6 Å². The molecule has 26 heavy (non-hydrogen) atoms. The van der Waals surface area contributed by atoms with E-state index in [1.807, 2.05) is 55.9 Å². The van der Waals surface area contributed by atoms with Gasteiger partial charge in [-0.05, 0) is 44.3 Å². The molecular weight excluding hydrogens is 461 g/mol. The Morgan fingerprint density at radius 3 is 2.62 bits per heavy atom. The van der Waals surface area contributed by atoms with Crippen LogP contribution in [0, 0.1) is 0 Å². The van der Waals surface area contributed by atoms with E-state index in [2.05, 4.69) is 21.9 Å². The molecule has 0 aromatic heterocycles. The highest BCUT2D eigenvalue weighted by Gasteiger charge is 2.09. The van der Waals surface area contributed by atoms with Crippen molar-refractivity contribution in [2.24, 2.45) is 4.99 Å². The van der Waals surface area contributed by atoms with Crippen molar-refractivity contribution < 1.29 is 9.84 Å². The van der Waals surface area contributed by atoms with Gasteiger partial charge in [0.05, 0.1) is 25.4 Å². The fourth-order valence-corrected chi connectivity index (χ4v) is 2.74. The third-order valence-corrected chi connectivity index (χ3v) is 4.38. The van der Waals surface area contributed by atoms with Crippen LogP contribution in [0.25, 0.3) is 0 Å². The van der Waals surface area contributed by atoms with Gasteiger partial charge in [0.25, 0.3) is 0 Å². The smallest absolute Gasteiger partial charge is 0.191 e. The Morgan fingerprint density at radius 1 is 1.23 bits per heavy atom. The highest BCUT2D eigenvalue weighted by atomic mass is 127. The predicted molar refractivity (Wildman–Crippen MR) is 124 cm³/mol. The summed E-state index contributed by atoms with van der Waals surface area (Å²) in [6.45, 7) is 6.31. The summed E-state index contributed by atoms with van der Waals surface area (Å²) >= 11 is 1.87. The minimum absolute atomic E-state index is 0. The van der Waals surface area contributed by atoms with E-state index >= 15 is 0 Å². The summed E-state index contributed by atoms with van der Waals surface area (Å²) in [5.74, 6) is 1.94. The number of thioether (sulfide) groups is 1. The first-order chi connectivity index (χ1) is 12.2. The van der Waals surface area contributed by atoms with E-state index in [-0.39, 0.29) is 36.7 Å². The maximum Gasteiger partial charge on any atom is 0.191 e. The number of benzene rings is 1. The van der Waals surface area contributed by atoms with Crippen molar-refractivity contribution in [2.75, 3.05) is 38.2 Å². The summed E-state index contributed by atoms with van der Waals surface area (Å²) < 4.78 is 5.75. The maximum absolute atomic E-state index is 10.1. The van der Waals surface area contributed by atoms with Gasteiger partial charge in [-0.25, -0.2) is 0 Å². The van der Waals surface area contributed by atoms with Crippen molar-refractivity contribution in [3.8, 4) is 0 Å². The van der Waals surface area contributed by atoms with Crippen molar-refractivity contribution >= 4 is 41.7 Å². The van der Waals surface area contributed by atoms with E-state index in [0.29, 0.717) is 6.54 Å². The Kier molecular flexibility index (Phi) is 16.3. The van der Waals surface area contributed by atoms with E-state index < -0.39 is 6.10 Å². The minimum atomic E-state index is -0.613. The normalized spacial score (nSPS) is 13.6. The van der Waals surface area contributed by atoms with Gasteiger partial charge >= 0.3 is 0 Å². The fourth-order valence-electron chi connectivity index (χ4n) is 2.24. The monoisotopic (exact) mass is 495 g/mol. The molecule has 0 saturated carbocycles. The third-order valence-electron chi connectivity index (χ3n) is 3.68. The van der Waals surface area contributed by atoms with Gasteiger partial charge in [-0.2, -0.15) is 11.8 Å².